The molecule has 0 saturated heterocycles. The van der Waals surface area contributed by atoms with Crippen molar-refractivity contribution in [1.82, 2.24) is 0 Å². The molecule has 3 heteroatoms. The second-order valence-corrected chi connectivity index (χ2v) is 9.36. The van der Waals surface area contributed by atoms with Gasteiger partial charge in [0, 0.05) is 12.0 Å². The number of ketones is 1. The highest BCUT2D eigenvalue weighted by molar-refractivity contribution is 5.98. The van der Waals surface area contributed by atoms with Crippen LogP contribution in [0.2, 0.25) is 0 Å². The first-order valence-electron chi connectivity index (χ1n) is 13.7. The third kappa shape index (κ3) is 13.1. The van der Waals surface area contributed by atoms with Crippen LogP contribution in [-0.4, -0.2) is 18.4 Å². The first-order chi connectivity index (χ1) is 17.2. The topological polar surface area (TPSA) is 43.4 Å². The molecule has 0 fully saturated rings. The molecule has 3 nitrogen and oxygen atoms in total. The molecule has 0 aliphatic rings. The van der Waals surface area contributed by atoms with Crippen LogP contribution < -0.4 is 0 Å². The molecule has 0 aliphatic carbocycles. The Morgan fingerprint density at radius 3 is 1.83 bits per heavy atom. The zero-order chi connectivity index (χ0) is 25.0. The van der Waals surface area contributed by atoms with Crippen LogP contribution >= 0.6 is 0 Å². The van der Waals surface area contributed by atoms with Gasteiger partial charge in [-0.25, -0.2) is 0 Å². The van der Waals surface area contributed by atoms with E-state index in [1.54, 1.807) is 12.1 Å². The van der Waals surface area contributed by atoms with E-state index in [0.717, 1.165) is 36.8 Å². The van der Waals surface area contributed by atoms with Gasteiger partial charge in [-0.15, -0.1) is 0 Å². The molecule has 0 unspecified atom stereocenters. The molecule has 0 amide bonds. The fourth-order valence-corrected chi connectivity index (χ4v) is 4.12. The first kappa shape index (κ1) is 28.6. The van der Waals surface area contributed by atoms with E-state index in [2.05, 4.69) is 19.1 Å². The molecule has 0 N–H and O–H groups in total. The number of benzene rings is 2. The predicted octanol–water partition coefficient (Wildman–Crippen LogP) is 9.12. The average molecular weight is 477 g/mol. The number of allylic oxidation sites excluding steroid dienone is 2. The van der Waals surface area contributed by atoms with E-state index < -0.39 is 0 Å². The summed E-state index contributed by atoms with van der Waals surface area (Å²) in [5, 5.41) is 0. The SMILES string of the molecule is CCCCCCCC/C=C/CCCCCCCC(=O)OCC(=O)c1ccc(-c2ccccc2)cc1. The Labute approximate surface area is 213 Å². The van der Waals surface area contributed by atoms with Gasteiger partial charge in [0.25, 0.3) is 0 Å². The Bertz CT molecular complexity index is 852. The summed E-state index contributed by atoms with van der Waals surface area (Å²) in [6, 6.07) is 17.5. The molecular formula is C32H44O3. The molecule has 2 aromatic rings. The molecule has 0 spiro atoms. The summed E-state index contributed by atoms with van der Waals surface area (Å²) >= 11 is 0. The van der Waals surface area contributed by atoms with Crippen molar-refractivity contribution < 1.29 is 14.3 Å². The van der Waals surface area contributed by atoms with Crippen molar-refractivity contribution in [3.63, 3.8) is 0 Å². The van der Waals surface area contributed by atoms with E-state index in [4.69, 9.17) is 4.74 Å². The quantitative estimate of drug-likeness (QED) is 0.0878. The van der Waals surface area contributed by atoms with E-state index in [1.807, 2.05) is 42.5 Å². The van der Waals surface area contributed by atoms with Gasteiger partial charge in [-0.1, -0.05) is 125 Å². The molecule has 0 heterocycles. The van der Waals surface area contributed by atoms with Crippen molar-refractivity contribution in [2.45, 2.75) is 96.8 Å². The van der Waals surface area contributed by atoms with Gasteiger partial charge in [0.05, 0.1) is 0 Å². The summed E-state index contributed by atoms with van der Waals surface area (Å²) in [6.07, 6.45) is 21.0. The number of rotatable bonds is 19. The van der Waals surface area contributed by atoms with Crippen LogP contribution in [0.1, 0.15) is 107 Å². The Morgan fingerprint density at radius 1 is 0.657 bits per heavy atom. The third-order valence-corrected chi connectivity index (χ3v) is 6.32. The van der Waals surface area contributed by atoms with Crippen molar-refractivity contribution in [3.8, 4) is 11.1 Å². The molecule has 35 heavy (non-hydrogen) atoms. The summed E-state index contributed by atoms with van der Waals surface area (Å²) < 4.78 is 5.19. The van der Waals surface area contributed by atoms with E-state index in [-0.39, 0.29) is 18.4 Å². The molecule has 0 atom stereocenters. The van der Waals surface area contributed by atoms with E-state index in [1.165, 1.54) is 57.8 Å². The van der Waals surface area contributed by atoms with Gasteiger partial charge in [0.2, 0.25) is 0 Å². The zero-order valence-electron chi connectivity index (χ0n) is 21.7. The lowest BCUT2D eigenvalue weighted by Crippen LogP contribution is -2.13. The highest BCUT2D eigenvalue weighted by Crippen LogP contribution is 2.19. The first-order valence-corrected chi connectivity index (χ1v) is 13.7. The molecule has 2 aromatic carbocycles. The Morgan fingerprint density at radius 2 is 1.20 bits per heavy atom. The Balaban J connectivity index is 1.45. The van der Waals surface area contributed by atoms with Gasteiger partial charge in [0.15, 0.2) is 12.4 Å². The van der Waals surface area contributed by atoms with Crippen LogP contribution in [0.25, 0.3) is 11.1 Å². The standard InChI is InChI=1S/C32H44O3/c1-2-3-4-5-6-7-8-9-10-11-12-13-14-15-19-22-32(34)35-27-31(33)30-25-23-29(24-26-30)28-20-17-16-18-21-28/h9-10,16-18,20-21,23-26H,2-8,11-15,19,22,27H2,1H3/b10-9+. The smallest absolute Gasteiger partial charge is 0.306 e. The maximum Gasteiger partial charge on any atom is 0.306 e. The lowest BCUT2D eigenvalue weighted by Gasteiger charge is -2.06. The van der Waals surface area contributed by atoms with Gasteiger partial charge in [0.1, 0.15) is 0 Å². The fraction of sp³-hybridized carbons (Fsp3) is 0.500. The molecule has 0 radical (unpaired) electrons. The van der Waals surface area contributed by atoms with Gasteiger partial charge in [-0.05, 0) is 43.2 Å². The second-order valence-electron chi connectivity index (χ2n) is 9.36. The molecule has 0 aliphatic heterocycles. The number of carbonyl (C=O) groups is 2. The van der Waals surface area contributed by atoms with Crippen molar-refractivity contribution >= 4 is 11.8 Å². The Kier molecular flexibility index (Phi) is 15.2. The van der Waals surface area contributed by atoms with Crippen LogP contribution in [0, 0.1) is 0 Å². The number of Topliss-reactive ketones (excluding diaryl/α,β-unsaturated/α-hetero) is 1. The minimum absolute atomic E-state index is 0.164. The minimum Gasteiger partial charge on any atom is -0.457 e. The monoisotopic (exact) mass is 476 g/mol. The highest BCUT2D eigenvalue weighted by atomic mass is 16.5. The average Bonchev–Trinajstić information content (AvgIpc) is 2.90. The summed E-state index contributed by atoms with van der Waals surface area (Å²) in [4.78, 5) is 24.3. The predicted molar refractivity (Wildman–Crippen MR) is 147 cm³/mol. The molecule has 2 rings (SSSR count). The second kappa shape index (κ2) is 18.6. The Hall–Kier alpha value is -2.68. The van der Waals surface area contributed by atoms with Gasteiger partial charge >= 0.3 is 5.97 Å². The van der Waals surface area contributed by atoms with Crippen LogP contribution in [0.3, 0.4) is 0 Å². The van der Waals surface area contributed by atoms with Crippen LogP contribution in [-0.2, 0) is 9.53 Å². The van der Waals surface area contributed by atoms with Crippen LogP contribution in [0.4, 0.5) is 0 Å². The van der Waals surface area contributed by atoms with Crippen molar-refractivity contribution in [1.29, 1.82) is 0 Å². The minimum atomic E-state index is -0.281. The maximum absolute atomic E-state index is 12.3. The number of hydrogen-bond donors (Lipinski definition) is 0. The summed E-state index contributed by atoms with van der Waals surface area (Å²) in [7, 11) is 0. The van der Waals surface area contributed by atoms with Crippen LogP contribution in [0.5, 0.6) is 0 Å². The van der Waals surface area contributed by atoms with Crippen molar-refractivity contribution in [2.75, 3.05) is 6.61 Å². The van der Waals surface area contributed by atoms with E-state index in [9.17, 15) is 9.59 Å². The zero-order valence-corrected chi connectivity index (χ0v) is 21.7. The highest BCUT2D eigenvalue weighted by Gasteiger charge is 2.10. The largest absolute Gasteiger partial charge is 0.457 e. The molecule has 0 bridgehead atoms. The molecule has 190 valence electrons. The number of hydrogen-bond acceptors (Lipinski definition) is 3. The van der Waals surface area contributed by atoms with Crippen molar-refractivity contribution in [3.05, 3.63) is 72.3 Å². The fourth-order valence-electron chi connectivity index (χ4n) is 4.12. The van der Waals surface area contributed by atoms with E-state index in [0.29, 0.717) is 12.0 Å². The normalized spacial score (nSPS) is 11.1. The lowest BCUT2D eigenvalue weighted by atomic mass is 10.0. The van der Waals surface area contributed by atoms with Gasteiger partial charge < -0.3 is 4.74 Å². The molecular weight excluding hydrogens is 432 g/mol. The summed E-state index contributed by atoms with van der Waals surface area (Å²) in [5.41, 5.74) is 2.74. The molecule has 0 saturated carbocycles. The summed E-state index contributed by atoms with van der Waals surface area (Å²) in [6.45, 7) is 2.07. The number of esters is 1. The van der Waals surface area contributed by atoms with Crippen LogP contribution in [0.15, 0.2) is 66.7 Å². The number of carbonyl (C=O) groups excluding carboxylic acids is 2. The van der Waals surface area contributed by atoms with Gasteiger partial charge in [-0.3, -0.25) is 9.59 Å². The van der Waals surface area contributed by atoms with Crippen molar-refractivity contribution in [2.24, 2.45) is 0 Å². The van der Waals surface area contributed by atoms with Gasteiger partial charge in [-0.2, -0.15) is 0 Å². The molecule has 0 aromatic heterocycles. The summed E-state index contributed by atoms with van der Waals surface area (Å²) in [5.74, 6) is -0.445. The lowest BCUT2D eigenvalue weighted by molar-refractivity contribution is -0.142. The maximum atomic E-state index is 12.3. The third-order valence-electron chi connectivity index (χ3n) is 6.32. The number of ether oxygens (including phenoxy) is 1. The number of unbranched alkanes of at least 4 members (excludes halogenated alkanes) is 11. The van der Waals surface area contributed by atoms with E-state index >= 15 is 0 Å².